The van der Waals surface area contributed by atoms with Gasteiger partial charge in [-0.1, -0.05) is 6.07 Å². The van der Waals surface area contributed by atoms with Crippen molar-refractivity contribution < 1.29 is 34.1 Å². The molecule has 0 saturated carbocycles. The van der Waals surface area contributed by atoms with E-state index in [4.69, 9.17) is 4.74 Å². The predicted molar refractivity (Wildman–Crippen MR) is 176 cm³/mol. The number of carboxylic acids is 1. The number of aliphatic carboxylic acids is 1. The van der Waals surface area contributed by atoms with Crippen LogP contribution in [0.3, 0.4) is 0 Å². The Hall–Kier alpha value is -2.00. The number of carbonyl (C=O) groups excluding carboxylic acids is 3. The Morgan fingerprint density at radius 3 is 2.05 bits per heavy atom. The molecular weight excluding hydrogens is 960 g/mol. The van der Waals surface area contributed by atoms with Crippen LogP contribution in [0.15, 0.2) is 60.7 Å². The number of amides is 3. The standard InChI is InChI=1S/C26H16I4N2O7/c27-16-10-15(11-17(28)23(16)35)39-24-18(29)6-12(7-19(24)30)8-20(26(37)38)31-25(36)13-2-1-3-14(9-13)32-21(33)4-5-22(32)34/h1-7,9-11,20,35H,8H2,(H,31,36)(H,37,38)/t20-/m0/s1. The van der Waals surface area contributed by atoms with E-state index in [1.807, 2.05) is 45.2 Å². The fraction of sp³-hybridized carbons (Fsp3) is 0.0769. The highest BCUT2D eigenvalue weighted by Crippen LogP contribution is 2.37. The molecule has 0 radical (unpaired) electrons. The fourth-order valence-electron chi connectivity index (χ4n) is 3.67. The minimum Gasteiger partial charge on any atom is -0.506 e. The molecule has 3 aromatic carbocycles. The van der Waals surface area contributed by atoms with E-state index in [2.05, 4.69) is 50.5 Å². The second-order valence-electron chi connectivity index (χ2n) is 8.19. The molecule has 1 aliphatic heterocycles. The van der Waals surface area contributed by atoms with Gasteiger partial charge in [0.25, 0.3) is 17.7 Å². The first-order valence-corrected chi connectivity index (χ1v) is 15.3. The third kappa shape index (κ3) is 7.02. The molecule has 39 heavy (non-hydrogen) atoms. The third-order valence-corrected chi connectivity index (χ3v) is 8.73. The van der Waals surface area contributed by atoms with E-state index in [1.54, 1.807) is 24.3 Å². The van der Waals surface area contributed by atoms with E-state index in [9.17, 15) is 29.4 Å². The largest absolute Gasteiger partial charge is 0.506 e. The van der Waals surface area contributed by atoms with Crippen LogP contribution in [0, 0.1) is 14.3 Å². The summed E-state index contributed by atoms with van der Waals surface area (Å²) in [5, 5.41) is 22.4. The number of phenolic OH excluding ortho intramolecular Hbond substituents is 1. The van der Waals surface area contributed by atoms with Gasteiger partial charge in [0, 0.05) is 24.1 Å². The van der Waals surface area contributed by atoms with Crippen LogP contribution in [0.4, 0.5) is 5.69 Å². The van der Waals surface area contributed by atoms with Crippen molar-refractivity contribution >= 4 is 120 Å². The van der Waals surface area contributed by atoms with Gasteiger partial charge in [0.2, 0.25) is 0 Å². The quantitative estimate of drug-likeness (QED) is 0.202. The average molecular weight is 976 g/mol. The van der Waals surface area contributed by atoms with Crippen molar-refractivity contribution in [1.29, 1.82) is 0 Å². The van der Waals surface area contributed by atoms with Gasteiger partial charge in [-0.15, -0.1) is 0 Å². The van der Waals surface area contributed by atoms with Crippen molar-refractivity contribution in [3.63, 3.8) is 0 Å². The van der Waals surface area contributed by atoms with E-state index < -0.39 is 29.7 Å². The van der Waals surface area contributed by atoms with Crippen molar-refractivity contribution in [2.45, 2.75) is 12.5 Å². The molecule has 3 amide bonds. The van der Waals surface area contributed by atoms with Crippen LogP contribution in [0.1, 0.15) is 15.9 Å². The summed E-state index contributed by atoms with van der Waals surface area (Å²) in [6, 6.07) is 11.6. The van der Waals surface area contributed by atoms with Crippen molar-refractivity contribution in [2.75, 3.05) is 4.90 Å². The molecule has 1 aliphatic rings. The monoisotopic (exact) mass is 976 g/mol. The molecule has 0 aromatic heterocycles. The zero-order valence-corrected chi connectivity index (χ0v) is 28.1. The molecule has 3 N–H and O–H groups in total. The summed E-state index contributed by atoms with van der Waals surface area (Å²) >= 11 is 8.25. The third-order valence-electron chi connectivity index (χ3n) is 5.49. The lowest BCUT2D eigenvalue weighted by atomic mass is 10.0. The smallest absolute Gasteiger partial charge is 0.326 e. The Labute approximate surface area is 276 Å². The Kier molecular flexibility index (Phi) is 9.74. The molecule has 1 atom stereocenters. The molecule has 0 saturated heterocycles. The van der Waals surface area contributed by atoms with Crippen molar-refractivity contribution in [3.8, 4) is 17.2 Å². The van der Waals surface area contributed by atoms with Crippen LogP contribution in [0.5, 0.6) is 17.2 Å². The maximum atomic E-state index is 12.9. The predicted octanol–water partition coefficient (Wildman–Crippen LogP) is 5.46. The van der Waals surface area contributed by atoms with Crippen LogP contribution in [0.2, 0.25) is 0 Å². The highest BCUT2D eigenvalue weighted by Gasteiger charge is 2.27. The highest BCUT2D eigenvalue weighted by atomic mass is 127. The summed E-state index contributed by atoms with van der Waals surface area (Å²) in [6.45, 7) is 0. The summed E-state index contributed by atoms with van der Waals surface area (Å²) in [5.41, 5.74) is 0.997. The number of nitrogens with one attached hydrogen (secondary N) is 1. The first-order chi connectivity index (χ1) is 18.4. The maximum Gasteiger partial charge on any atom is 0.326 e. The number of rotatable bonds is 8. The molecule has 13 heteroatoms. The van der Waals surface area contributed by atoms with E-state index in [0.29, 0.717) is 24.2 Å². The number of ether oxygens (including phenoxy) is 1. The average Bonchev–Trinajstić information content (AvgIpc) is 3.21. The summed E-state index contributed by atoms with van der Waals surface area (Å²) in [4.78, 5) is 49.9. The Bertz CT molecular complexity index is 1490. The molecular formula is C26H16I4N2O7. The molecule has 9 nitrogen and oxygen atoms in total. The zero-order valence-electron chi connectivity index (χ0n) is 19.5. The van der Waals surface area contributed by atoms with Crippen LogP contribution >= 0.6 is 90.4 Å². The van der Waals surface area contributed by atoms with Crippen LogP contribution in [-0.4, -0.2) is 39.9 Å². The van der Waals surface area contributed by atoms with Crippen molar-refractivity contribution in [3.05, 3.63) is 86.1 Å². The van der Waals surface area contributed by atoms with Gasteiger partial charge in [-0.2, -0.15) is 0 Å². The number of carboxylic acid groups (broad SMARTS) is 1. The number of aromatic hydroxyl groups is 1. The second kappa shape index (κ2) is 12.7. The van der Waals surface area contributed by atoms with Crippen molar-refractivity contribution in [1.82, 2.24) is 5.32 Å². The summed E-state index contributed by atoms with van der Waals surface area (Å²) < 4.78 is 8.86. The number of halogens is 4. The van der Waals surface area contributed by atoms with E-state index in [-0.39, 0.29) is 23.4 Å². The van der Waals surface area contributed by atoms with Gasteiger partial charge in [-0.25, -0.2) is 9.69 Å². The topological polar surface area (TPSA) is 133 Å². The maximum absolute atomic E-state index is 12.9. The van der Waals surface area contributed by atoms with Gasteiger partial charge in [0.1, 0.15) is 17.5 Å². The second-order valence-corrected chi connectivity index (χ2v) is 12.8. The number of anilines is 1. The van der Waals surface area contributed by atoms with Crippen LogP contribution < -0.4 is 15.0 Å². The van der Waals surface area contributed by atoms with Gasteiger partial charge >= 0.3 is 5.97 Å². The number of carbonyl (C=O) groups is 4. The van der Waals surface area contributed by atoms with Gasteiger partial charge in [-0.3, -0.25) is 14.4 Å². The number of hydrogen-bond acceptors (Lipinski definition) is 6. The van der Waals surface area contributed by atoms with Gasteiger partial charge in [0.05, 0.1) is 20.0 Å². The fourth-order valence-corrected chi connectivity index (χ4v) is 7.49. The van der Waals surface area contributed by atoms with E-state index >= 15 is 0 Å². The first kappa shape index (κ1) is 30.0. The highest BCUT2D eigenvalue weighted by molar-refractivity contribution is 14.1. The normalized spacial score (nSPS) is 13.5. The van der Waals surface area contributed by atoms with Crippen molar-refractivity contribution in [2.24, 2.45) is 0 Å². The van der Waals surface area contributed by atoms with Gasteiger partial charge in [-0.05, 0) is 138 Å². The molecule has 1 heterocycles. The van der Waals surface area contributed by atoms with Gasteiger partial charge < -0.3 is 20.3 Å². The number of hydrogen-bond donors (Lipinski definition) is 3. The number of phenols is 1. The molecule has 0 aliphatic carbocycles. The Balaban J connectivity index is 1.51. The van der Waals surface area contributed by atoms with Crippen LogP contribution in [0.25, 0.3) is 0 Å². The first-order valence-electron chi connectivity index (χ1n) is 11.0. The number of benzene rings is 3. The lowest BCUT2D eigenvalue weighted by Gasteiger charge is -2.18. The Morgan fingerprint density at radius 1 is 0.897 bits per heavy atom. The van der Waals surface area contributed by atoms with E-state index in [0.717, 1.165) is 24.2 Å². The molecule has 200 valence electrons. The minimum atomic E-state index is -1.24. The number of imide groups is 1. The molecule has 4 rings (SSSR count). The number of nitrogens with zero attached hydrogens (tertiary/aromatic N) is 1. The minimum absolute atomic E-state index is 0.00900. The molecule has 0 spiro atoms. The SMILES string of the molecule is O=C(N[C@@H](Cc1cc(I)c(Oc2cc(I)c(O)c(I)c2)c(I)c1)C(=O)O)c1cccc(N2C(=O)C=CC2=O)c1. The molecule has 3 aromatic rings. The summed E-state index contributed by atoms with van der Waals surface area (Å²) in [7, 11) is 0. The zero-order chi connectivity index (χ0) is 28.4. The lowest BCUT2D eigenvalue weighted by Crippen LogP contribution is -2.42. The molecule has 0 unspecified atom stereocenters. The Morgan fingerprint density at radius 2 is 1.49 bits per heavy atom. The molecule has 0 fully saturated rings. The summed E-state index contributed by atoms with van der Waals surface area (Å²) in [6.07, 6.45) is 2.29. The van der Waals surface area contributed by atoms with Gasteiger partial charge in [0.15, 0.2) is 5.75 Å². The lowest BCUT2D eigenvalue weighted by molar-refractivity contribution is -0.139. The molecule has 0 bridgehead atoms. The summed E-state index contributed by atoms with van der Waals surface area (Å²) in [5.74, 6) is -1.59. The van der Waals surface area contributed by atoms with Crippen LogP contribution in [-0.2, 0) is 20.8 Å². The van der Waals surface area contributed by atoms with E-state index in [1.165, 1.54) is 24.3 Å².